The second kappa shape index (κ2) is 31.2. The fourth-order valence-corrected chi connectivity index (χ4v) is 9.76. The van der Waals surface area contributed by atoms with Crippen molar-refractivity contribution in [3.05, 3.63) is 95.6 Å². The van der Waals surface area contributed by atoms with Gasteiger partial charge in [0.25, 0.3) is 0 Å². The van der Waals surface area contributed by atoms with Gasteiger partial charge in [-0.05, 0) is 85.4 Å². The lowest BCUT2D eigenvalue weighted by atomic mass is 9.96. The second-order valence-electron chi connectivity index (χ2n) is 20.6. The van der Waals surface area contributed by atoms with E-state index < -0.39 is 164 Å². The Bertz CT molecular complexity index is 2820. The number of nitrogens with one attached hydrogen (secondary N) is 6. The molecule has 8 amide bonds. The van der Waals surface area contributed by atoms with E-state index in [4.69, 9.17) is 5.11 Å². The number of aromatic hydroxyl groups is 2. The Labute approximate surface area is 477 Å². The lowest BCUT2D eigenvalue weighted by molar-refractivity contribution is -0.146. The monoisotopic (exact) mass is 1160 g/mol. The van der Waals surface area contributed by atoms with Crippen LogP contribution in [0.2, 0.25) is 0 Å². The lowest BCUT2D eigenvalue weighted by Gasteiger charge is -2.34. The molecule has 0 saturated carbocycles. The third-order valence-corrected chi connectivity index (χ3v) is 14.5. The highest BCUT2D eigenvalue weighted by Crippen LogP contribution is 2.25. The molecule has 0 radical (unpaired) electrons. The van der Waals surface area contributed by atoms with Crippen LogP contribution >= 0.6 is 0 Å². The molecule has 5 rings (SSSR count). The summed E-state index contributed by atoms with van der Waals surface area (Å²) in [7, 11) is 0. The fourth-order valence-electron chi connectivity index (χ4n) is 9.76. The molecular formula is C57H72N8O18. The number of hydrogen-bond donors (Lipinski definition) is 12. The number of nitrogens with zero attached hydrogens (tertiary/aromatic N) is 2. The number of amides is 8. The molecule has 26 heteroatoms. The molecule has 3 aromatic rings. The van der Waals surface area contributed by atoms with Gasteiger partial charge in [0.2, 0.25) is 47.3 Å². The van der Waals surface area contributed by atoms with E-state index in [2.05, 4.69) is 31.9 Å². The summed E-state index contributed by atoms with van der Waals surface area (Å²) in [5.41, 5.74) is 1.44. The smallest absolute Gasteiger partial charge is 0.326 e. The molecule has 2 aliphatic heterocycles. The SMILES string of the molecule is CC[C@H](C)[C@H](NC(=O)[C@@H]1CCCN1C(=O)[C@H](CCC(=O)O)NC(=O)[C@H](Cc1ccccc1)NC(=O)CCC(=O)O)C(=O)N1CCC[C@H]1C(=O)N[C@@H](CCC(=O)O)C(=O)N[C@@H](Cc1ccc(O)cc1)C(=O)N[C@@H](Cc1ccc(O)cc1)C(=O)O. The normalized spacial score (nSPS) is 17.2. The van der Waals surface area contributed by atoms with Crippen molar-refractivity contribution in [2.24, 2.45) is 5.92 Å². The van der Waals surface area contributed by atoms with Crippen molar-refractivity contribution in [1.82, 2.24) is 41.7 Å². The molecule has 2 fully saturated rings. The molecule has 0 aromatic heterocycles. The first-order valence-electron chi connectivity index (χ1n) is 27.3. The van der Waals surface area contributed by atoms with E-state index in [1.807, 2.05) is 0 Å². The van der Waals surface area contributed by atoms with Crippen molar-refractivity contribution in [3.63, 3.8) is 0 Å². The van der Waals surface area contributed by atoms with Crippen LogP contribution in [0, 0.1) is 5.92 Å². The maximum absolute atomic E-state index is 14.7. The number of rotatable bonds is 31. The fraction of sp³-hybridized carbons (Fsp3) is 0.474. The van der Waals surface area contributed by atoms with Gasteiger partial charge in [0.05, 0.1) is 6.42 Å². The predicted octanol–water partition coefficient (Wildman–Crippen LogP) is 0.742. The highest BCUT2D eigenvalue weighted by Gasteiger charge is 2.44. The number of carbonyl (C=O) groups is 12. The second-order valence-corrected chi connectivity index (χ2v) is 20.6. The summed E-state index contributed by atoms with van der Waals surface area (Å²) in [5.74, 6) is -12.9. The van der Waals surface area contributed by atoms with Gasteiger partial charge in [-0.25, -0.2) is 4.79 Å². The minimum atomic E-state index is -1.63. The quantitative estimate of drug-likeness (QED) is 0.0423. The van der Waals surface area contributed by atoms with Crippen LogP contribution in [0.3, 0.4) is 0 Å². The maximum Gasteiger partial charge on any atom is 0.326 e. The van der Waals surface area contributed by atoms with Crippen molar-refractivity contribution >= 4 is 71.1 Å². The molecule has 3 aromatic carbocycles. The van der Waals surface area contributed by atoms with Crippen molar-refractivity contribution in [1.29, 1.82) is 0 Å². The largest absolute Gasteiger partial charge is 0.508 e. The third-order valence-electron chi connectivity index (χ3n) is 14.5. The molecule has 2 saturated heterocycles. The average molecular weight is 1160 g/mol. The Balaban J connectivity index is 1.32. The highest BCUT2D eigenvalue weighted by atomic mass is 16.4. The van der Waals surface area contributed by atoms with E-state index in [0.29, 0.717) is 29.5 Å². The van der Waals surface area contributed by atoms with E-state index in [0.717, 1.165) is 0 Å². The highest BCUT2D eigenvalue weighted by molar-refractivity contribution is 5.99. The first kappa shape index (κ1) is 64.7. The van der Waals surface area contributed by atoms with Gasteiger partial charge in [-0.15, -0.1) is 0 Å². The van der Waals surface area contributed by atoms with E-state index in [9.17, 15) is 83.1 Å². The molecule has 0 bridgehead atoms. The van der Waals surface area contributed by atoms with Crippen LogP contribution in [-0.4, -0.2) is 173 Å². The summed E-state index contributed by atoms with van der Waals surface area (Å²) in [6.07, 6.45) is -2.65. The summed E-state index contributed by atoms with van der Waals surface area (Å²) in [4.78, 5) is 162. The van der Waals surface area contributed by atoms with Crippen LogP contribution in [0.1, 0.15) is 101 Å². The Morgan fingerprint density at radius 1 is 0.482 bits per heavy atom. The van der Waals surface area contributed by atoms with Gasteiger partial charge < -0.3 is 72.3 Å². The maximum atomic E-state index is 14.7. The molecule has 0 spiro atoms. The number of phenols is 2. The van der Waals surface area contributed by atoms with Gasteiger partial charge in [-0.3, -0.25) is 52.7 Å². The molecular weight excluding hydrogens is 1080 g/mol. The van der Waals surface area contributed by atoms with Gasteiger partial charge in [0.15, 0.2) is 0 Å². The minimum absolute atomic E-state index is 0.00519. The van der Waals surface area contributed by atoms with Crippen LogP contribution in [0.15, 0.2) is 78.9 Å². The average Bonchev–Trinajstić information content (AvgIpc) is 4.35. The van der Waals surface area contributed by atoms with Crippen LogP contribution in [0.25, 0.3) is 0 Å². The van der Waals surface area contributed by atoms with Gasteiger partial charge in [-0.1, -0.05) is 74.9 Å². The van der Waals surface area contributed by atoms with Gasteiger partial charge in [-0.2, -0.15) is 0 Å². The van der Waals surface area contributed by atoms with Gasteiger partial charge in [0, 0.05) is 51.6 Å². The summed E-state index contributed by atoms with van der Waals surface area (Å²) < 4.78 is 0. The van der Waals surface area contributed by atoms with Crippen LogP contribution in [0.5, 0.6) is 11.5 Å². The summed E-state index contributed by atoms with van der Waals surface area (Å²) in [6.45, 7) is 3.44. The molecule has 83 heavy (non-hydrogen) atoms. The molecule has 0 unspecified atom stereocenters. The number of carbonyl (C=O) groups excluding carboxylic acids is 8. The van der Waals surface area contributed by atoms with Crippen LogP contribution < -0.4 is 31.9 Å². The standard InChI is InChI=1S/C57H72N8O18/c1-3-32(2)49(63-54(79)44-12-7-27-64(44)55(80)39(22-25-47(71)72)60-51(76)40(29-33-9-5-4-6-10-33)58-45(68)23-26-48(73)74)56(81)65-28-8-11-43(65)53(78)59-38(21-24-46(69)70)50(75)61-41(30-34-13-17-36(66)18-14-34)52(77)62-42(57(82)83)31-35-15-19-37(67)20-16-35/h4-6,9-10,13-20,32,38-44,49,66-67H,3,7-8,11-12,21-31H2,1-2H3,(H,58,68)(H,59,78)(H,60,76)(H,61,75)(H,62,77)(H,63,79)(H,69,70)(H,71,72)(H,73,74)(H,82,83)/t32-,38-,39-,40-,41-,42-,43-,44-,49-/m0/s1. The van der Waals surface area contributed by atoms with E-state index in [-0.39, 0.29) is 63.1 Å². The summed E-state index contributed by atoms with van der Waals surface area (Å²) in [5, 5.41) is 73.4. The van der Waals surface area contributed by atoms with Gasteiger partial charge in [0.1, 0.15) is 59.8 Å². The van der Waals surface area contributed by atoms with E-state index in [1.165, 1.54) is 58.3 Å². The Hall–Kier alpha value is -9.10. The van der Waals surface area contributed by atoms with Crippen molar-refractivity contribution in [2.45, 2.75) is 152 Å². The molecule has 0 aliphatic carbocycles. The van der Waals surface area contributed by atoms with Crippen molar-refractivity contribution < 1.29 is 88.2 Å². The number of carboxylic acids is 4. The van der Waals surface area contributed by atoms with Crippen LogP contribution in [-0.2, 0) is 76.8 Å². The Kier molecular flexibility index (Phi) is 24.3. The number of aliphatic carboxylic acids is 4. The molecule has 2 heterocycles. The lowest BCUT2D eigenvalue weighted by Crippen LogP contribution is -2.61. The third kappa shape index (κ3) is 19.8. The number of carboxylic acid groups (broad SMARTS) is 4. The van der Waals surface area contributed by atoms with Crippen molar-refractivity contribution in [2.75, 3.05) is 13.1 Å². The Morgan fingerprint density at radius 3 is 1.40 bits per heavy atom. The van der Waals surface area contributed by atoms with Crippen LogP contribution in [0.4, 0.5) is 0 Å². The summed E-state index contributed by atoms with van der Waals surface area (Å²) in [6, 6.07) is 8.28. The van der Waals surface area contributed by atoms with E-state index in [1.54, 1.807) is 44.2 Å². The molecule has 9 atom stereocenters. The zero-order valence-electron chi connectivity index (χ0n) is 46.0. The molecule has 26 nitrogen and oxygen atoms in total. The Morgan fingerprint density at radius 2 is 0.904 bits per heavy atom. The number of phenolic OH excluding ortho intramolecular Hbond substituents is 2. The summed E-state index contributed by atoms with van der Waals surface area (Å²) >= 11 is 0. The number of benzene rings is 3. The number of likely N-dealkylation sites (tertiary alicyclic amines) is 2. The van der Waals surface area contributed by atoms with E-state index >= 15 is 0 Å². The molecule has 448 valence electrons. The number of hydrogen-bond acceptors (Lipinski definition) is 14. The molecule has 2 aliphatic rings. The van der Waals surface area contributed by atoms with Gasteiger partial charge >= 0.3 is 23.9 Å². The topological polar surface area (TPSA) is 405 Å². The minimum Gasteiger partial charge on any atom is -0.508 e. The molecule has 12 N–H and O–H groups in total. The predicted molar refractivity (Wildman–Crippen MR) is 293 cm³/mol. The zero-order valence-corrected chi connectivity index (χ0v) is 46.0. The first-order valence-corrected chi connectivity index (χ1v) is 27.3. The van der Waals surface area contributed by atoms with Crippen molar-refractivity contribution in [3.8, 4) is 11.5 Å². The first-order chi connectivity index (χ1) is 39.4. The zero-order chi connectivity index (χ0) is 60.9.